The number of rotatable bonds is 8. The first-order valence-corrected chi connectivity index (χ1v) is 6.82. The van der Waals surface area contributed by atoms with Crippen LogP contribution in [0.15, 0.2) is 18.2 Å². The van der Waals surface area contributed by atoms with E-state index < -0.39 is 23.7 Å². The summed E-state index contributed by atoms with van der Waals surface area (Å²) in [6.45, 7) is 1.94. The molecule has 1 rings (SSSR count). The molecule has 0 radical (unpaired) electrons. The van der Waals surface area contributed by atoms with Crippen LogP contribution in [0, 0.1) is 5.82 Å². The Bertz CT molecular complexity index is 504. The van der Waals surface area contributed by atoms with Crippen molar-refractivity contribution in [3.8, 4) is 5.75 Å². The summed E-state index contributed by atoms with van der Waals surface area (Å²) < 4.78 is 18.3. The number of halogens is 1. The predicted octanol–water partition coefficient (Wildman–Crippen LogP) is 2.14. The van der Waals surface area contributed by atoms with Gasteiger partial charge in [0.2, 0.25) is 5.91 Å². The lowest BCUT2D eigenvalue weighted by Gasteiger charge is -2.15. The van der Waals surface area contributed by atoms with E-state index in [1.54, 1.807) is 0 Å². The van der Waals surface area contributed by atoms with Crippen molar-refractivity contribution in [2.24, 2.45) is 0 Å². The van der Waals surface area contributed by atoms with Crippen LogP contribution in [0.3, 0.4) is 0 Å². The predicted molar refractivity (Wildman–Crippen MR) is 75.7 cm³/mol. The Morgan fingerprint density at radius 2 is 2.14 bits per heavy atom. The highest BCUT2D eigenvalue weighted by Gasteiger charge is 2.20. The van der Waals surface area contributed by atoms with Crippen molar-refractivity contribution < 1.29 is 23.8 Å². The minimum atomic E-state index is -1.07. The fourth-order valence-corrected chi connectivity index (χ4v) is 1.97. The van der Waals surface area contributed by atoms with Gasteiger partial charge in [-0.05, 0) is 24.6 Å². The number of carbonyl (C=O) groups is 2. The van der Waals surface area contributed by atoms with Crippen molar-refractivity contribution in [1.29, 1.82) is 0 Å². The van der Waals surface area contributed by atoms with Crippen LogP contribution in [0.2, 0.25) is 0 Å². The highest BCUT2D eigenvalue weighted by molar-refractivity contribution is 5.85. The Morgan fingerprint density at radius 1 is 1.43 bits per heavy atom. The van der Waals surface area contributed by atoms with Gasteiger partial charge in [0.15, 0.2) is 0 Å². The van der Waals surface area contributed by atoms with Gasteiger partial charge in [-0.2, -0.15) is 0 Å². The highest BCUT2D eigenvalue weighted by Crippen LogP contribution is 2.19. The van der Waals surface area contributed by atoms with Crippen molar-refractivity contribution in [3.63, 3.8) is 0 Å². The van der Waals surface area contributed by atoms with Crippen molar-refractivity contribution >= 4 is 11.9 Å². The molecule has 5 nitrogen and oxygen atoms in total. The molecule has 0 bridgehead atoms. The first-order valence-electron chi connectivity index (χ1n) is 6.82. The lowest BCUT2D eigenvalue weighted by atomic mass is 10.1. The number of carbonyl (C=O) groups excluding carboxylic acids is 1. The molecule has 0 fully saturated rings. The summed E-state index contributed by atoms with van der Waals surface area (Å²) in [5, 5.41) is 11.5. The third kappa shape index (κ3) is 5.41. The normalized spacial score (nSPS) is 11.8. The number of carboxylic acids is 1. The molecule has 1 aromatic rings. The van der Waals surface area contributed by atoms with Crippen LogP contribution in [-0.4, -0.2) is 30.1 Å². The van der Waals surface area contributed by atoms with Crippen LogP contribution in [0.5, 0.6) is 5.75 Å². The molecular formula is C15H20FNO4. The van der Waals surface area contributed by atoms with Crippen molar-refractivity contribution in [2.75, 3.05) is 7.11 Å². The number of methoxy groups -OCH3 is 1. The topological polar surface area (TPSA) is 75.6 Å². The van der Waals surface area contributed by atoms with Gasteiger partial charge >= 0.3 is 5.97 Å². The molecule has 1 unspecified atom stereocenters. The maximum Gasteiger partial charge on any atom is 0.326 e. The maximum absolute atomic E-state index is 13.2. The van der Waals surface area contributed by atoms with Gasteiger partial charge in [-0.25, -0.2) is 9.18 Å². The van der Waals surface area contributed by atoms with Crippen LogP contribution in [-0.2, 0) is 16.0 Å². The van der Waals surface area contributed by atoms with Gasteiger partial charge in [0.1, 0.15) is 17.6 Å². The zero-order chi connectivity index (χ0) is 15.8. The molecule has 0 spiro atoms. The van der Waals surface area contributed by atoms with Gasteiger partial charge in [0, 0.05) is 5.56 Å². The molecule has 0 saturated heterocycles. The molecule has 21 heavy (non-hydrogen) atoms. The van der Waals surface area contributed by atoms with E-state index in [2.05, 4.69) is 5.32 Å². The Labute approximate surface area is 123 Å². The number of unbranched alkanes of at least 4 members (excludes halogenated alkanes) is 1. The monoisotopic (exact) mass is 297 g/mol. The molecule has 0 heterocycles. The van der Waals surface area contributed by atoms with Gasteiger partial charge in [-0.3, -0.25) is 4.79 Å². The third-order valence-electron chi connectivity index (χ3n) is 3.07. The fourth-order valence-electron chi connectivity index (χ4n) is 1.97. The van der Waals surface area contributed by atoms with E-state index in [1.807, 2.05) is 6.92 Å². The Hall–Kier alpha value is -2.11. The van der Waals surface area contributed by atoms with Gasteiger partial charge in [-0.15, -0.1) is 0 Å². The van der Waals surface area contributed by atoms with E-state index in [4.69, 9.17) is 9.84 Å². The zero-order valence-electron chi connectivity index (χ0n) is 12.2. The molecule has 0 aliphatic carbocycles. The second kappa shape index (κ2) is 8.24. The van der Waals surface area contributed by atoms with Crippen LogP contribution in [0.4, 0.5) is 4.39 Å². The smallest absolute Gasteiger partial charge is 0.326 e. The van der Waals surface area contributed by atoms with E-state index in [-0.39, 0.29) is 6.42 Å². The van der Waals surface area contributed by atoms with Crippen molar-refractivity contribution in [3.05, 3.63) is 29.6 Å². The number of ether oxygens (including phenoxy) is 1. The second-order valence-electron chi connectivity index (χ2n) is 4.73. The summed E-state index contributed by atoms with van der Waals surface area (Å²) in [4.78, 5) is 23.0. The first kappa shape index (κ1) is 16.9. The van der Waals surface area contributed by atoms with Gasteiger partial charge in [0.25, 0.3) is 0 Å². The molecule has 6 heteroatoms. The summed E-state index contributed by atoms with van der Waals surface area (Å²) in [5.74, 6) is -1.61. The molecule has 116 valence electrons. The number of nitrogens with one attached hydrogen (secondary N) is 1. The van der Waals surface area contributed by atoms with Crippen molar-refractivity contribution in [1.82, 2.24) is 5.32 Å². The number of hydrogen-bond acceptors (Lipinski definition) is 3. The Balaban J connectivity index is 2.71. The molecule has 1 atom stereocenters. The van der Waals surface area contributed by atoms with Gasteiger partial charge in [-0.1, -0.05) is 19.8 Å². The molecular weight excluding hydrogens is 277 g/mol. The Kier molecular flexibility index (Phi) is 6.65. The molecule has 2 N–H and O–H groups in total. The molecule has 1 aromatic carbocycles. The highest BCUT2D eigenvalue weighted by atomic mass is 19.1. The van der Waals surface area contributed by atoms with E-state index in [0.29, 0.717) is 24.2 Å². The average molecular weight is 297 g/mol. The molecule has 0 saturated carbocycles. The maximum atomic E-state index is 13.2. The molecule has 0 aliphatic rings. The quantitative estimate of drug-likeness (QED) is 0.771. The average Bonchev–Trinajstić information content (AvgIpc) is 2.43. The van der Waals surface area contributed by atoms with Gasteiger partial charge < -0.3 is 15.2 Å². The van der Waals surface area contributed by atoms with E-state index in [1.165, 1.54) is 25.3 Å². The zero-order valence-corrected chi connectivity index (χ0v) is 12.2. The first-order chi connectivity index (χ1) is 9.97. The summed E-state index contributed by atoms with van der Waals surface area (Å²) in [6, 6.07) is 2.96. The van der Waals surface area contributed by atoms with Crippen LogP contribution in [0.25, 0.3) is 0 Å². The van der Waals surface area contributed by atoms with Gasteiger partial charge in [0.05, 0.1) is 13.5 Å². The van der Waals surface area contributed by atoms with E-state index in [0.717, 1.165) is 6.42 Å². The van der Waals surface area contributed by atoms with E-state index >= 15 is 0 Å². The van der Waals surface area contributed by atoms with Crippen molar-refractivity contribution in [2.45, 2.75) is 38.6 Å². The summed E-state index contributed by atoms with van der Waals surface area (Å²) in [6.07, 6.45) is 1.80. The summed E-state index contributed by atoms with van der Waals surface area (Å²) in [5.41, 5.74) is 0.384. The fraction of sp³-hybridized carbons (Fsp3) is 0.467. The Morgan fingerprint density at radius 3 is 2.71 bits per heavy atom. The number of benzene rings is 1. The molecule has 1 amide bonds. The van der Waals surface area contributed by atoms with Crippen LogP contribution >= 0.6 is 0 Å². The molecule has 0 aliphatic heterocycles. The second-order valence-corrected chi connectivity index (χ2v) is 4.73. The number of hydrogen-bond donors (Lipinski definition) is 2. The lowest BCUT2D eigenvalue weighted by Crippen LogP contribution is -2.41. The standard InChI is InChI=1S/C15H20FNO4/c1-3-4-5-12(15(19)20)17-14(18)9-10-8-11(16)6-7-13(10)21-2/h6-8,12H,3-5,9H2,1-2H3,(H,17,18)(H,19,20). The van der Waals surface area contributed by atoms with Crippen LogP contribution in [0.1, 0.15) is 31.7 Å². The lowest BCUT2D eigenvalue weighted by molar-refractivity contribution is -0.142. The van der Waals surface area contributed by atoms with E-state index in [9.17, 15) is 14.0 Å². The van der Waals surface area contributed by atoms with Crippen LogP contribution < -0.4 is 10.1 Å². The number of carboxylic acid groups (broad SMARTS) is 1. The SMILES string of the molecule is CCCCC(NC(=O)Cc1cc(F)ccc1OC)C(=O)O. The molecule has 0 aromatic heterocycles. The summed E-state index contributed by atoms with van der Waals surface area (Å²) in [7, 11) is 1.43. The third-order valence-corrected chi connectivity index (χ3v) is 3.07. The minimum absolute atomic E-state index is 0.128. The number of aliphatic carboxylic acids is 1. The summed E-state index contributed by atoms with van der Waals surface area (Å²) >= 11 is 0. The largest absolute Gasteiger partial charge is 0.496 e. The number of amides is 1. The minimum Gasteiger partial charge on any atom is -0.496 e.